The Kier molecular flexibility index (Phi) is 2.18. The summed E-state index contributed by atoms with van der Waals surface area (Å²) in [6.45, 7) is 4.72. The fourth-order valence-electron chi connectivity index (χ4n) is 0.118. The molecule has 0 heterocycles. The Balaban J connectivity index is 2.83. The lowest BCUT2D eigenvalue weighted by molar-refractivity contribution is 0.234. The molecule has 0 rings (SSSR count). The predicted molar refractivity (Wildman–Crippen MR) is 26.5 cm³/mol. The lowest BCUT2D eigenvalue weighted by atomic mass is 10.1. The summed E-state index contributed by atoms with van der Waals surface area (Å²) in [6, 6.07) is 0. The Labute approximate surface area is 40.5 Å². The molecule has 0 saturated heterocycles. The van der Waals surface area contributed by atoms with Crippen LogP contribution in [0.25, 0.3) is 0 Å². The molecule has 0 aliphatic heterocycles. The first-order valence-corrected chi connectivity index (χ1v) is 2.39. The van der Waals surface area contributed by atoms with E-state index in [2.05, 4.69) is 19.0 Å². The summed E-state index contributed by atoms with van der Waals surface area (Å²) in [5, 5.41) is 4.14. The third-order valence-corrected chi connectivity index (χ3v) is 0.981. The minimum atomic E-state index is 0.539. The quantitative estimate of drug-likeness (QED) is 0.548. The second-order valence-electron chi connectivity index (χ2n) is 1.68. The summed E-state index contributed by atoms with van der Waals surface area (Å²) in [4.78, 5) is 0. The number of rotatable bonds is 3. The zero-order chi connectivity index (χ0) is 5.70. The Morgan fingerprint density at radius 1 is 2.00 bits per heavy atom. The highest BCUT2D eigenvalue weighted by molar-refractivity contribution is 4.41. The lowest BCUT2D eigenvalue weighted by Gasteiger charge is -1.98. The van der Waals surface area contributed by atoms with Crippen LogP contribution in [0.2, 0.25) is 0 Å². The summed E-state index contributed by atoms with van der Waals surface area (Å²) in [7, 11) is 0. The van der Waals surface area contributed by atoms with Crippen LogP contribution >= 0.6 is 0 Å². The molecule has 1 atom stereocenters. The summed E-state index contributed by atoms with van der Waals surface area (Å²) >= 11 is 0. The third kappa shape index (κ3) is 2.21. The van der Waals surface area contributed by atoms with E-state index in [9.17, 15) is 0 Å². The van der Waals surface area contributed by atoms with Gasteiger partial charge in [-0.2, -0.15) is 0 Å². The maximum Gasteiger partial charge on any atom is 0.210 e. The van der Waals surface area contributed by atoms with Crippen LogP contribution < -0.4 is 0 Å². The van der Waals surface area contributed by atoms with E-state index in [1.807, 2.05) is 0 Å². The molecule has 0 aromatic rings. The van der Waals surface area contributed by atoms with Gasteiger partial charge in [0, 0.05) is 6.61 Å². The minimum absolute atomic E-state index is 0.539. The standard InChI is InChI=1S/C5H12O/c1-3-5(2)4-6/h5-6H,3-4H2,1-2H3/i6T. The fourth-order valence-corrected chi connectivity index (χ4v) is 0.118. The summed E-state index contributed by atoms with van der Waals surface area (Å²) < 4.78 is 6.34. The Morgan fingerprint density at radius 2 is 2.67 bits per heavy atom. The molecule has 0 aliphatic carbocycles. The number of hydrogen-bond donors (Lipinski definition) is 1. The summed E-state index contributed by atoms with van der Waals surface area (Å²) in [6.07, 6.45) is 1.10. The second kappa shape index (κ2) is 3.16. The van der Waals surface area contributed by atoms with Crippen molar-refractivity contribution in [2.24, 2.45) is 5.92 Å². The van der Waals surface area contributed by atoms with E-state index >= 15 is 0 Å². The highest BCUT2D eigenvalue weighted by Gasteiger charge is 1.90. The highest BCUT2D eigenvalue weighted by atomic mass is 16.3. The molecular weight excluding hydrogens is 76.1 g/mol. The Hall–Kier alpha value is -0.0400. The van der Waals surface area contributed by atoms with Crippen molar-refractivity contribution in [1.29, 1.82) is 1.43 Å². The third-order valence-electron chi connectivity index (χ3n) is 0.981. The molecule has 0 saturated carbocycles. The topological polar surface area (TPSA) is 20.2 Å². The van der Waals surface area contributed by atoms with Gasteiger partial charge >= 0.3 is 0 Å². The zero-order valence-electron chi connectivity index (χ0n) is 5.40. The smallest absolute Gasteiger partial charge is 0.210 e. The van der Waals surface area contributed by atoms with E-state index < -0.39 is 0 Å². The van der Waals surface area contributed by atoms with E-state index in [0.29, 0.717) is 12.5 Å². The van der Waals surface area contributed by atoms with Gasteiger partial charge < -0.3 is 5.11 Å². The molecule has 1 nitrogen and oxygen atoms in total. The van der Waals surface area contributed by atoms with E-state index in [4.69, 9.17) is 1.43 Å². The maximum atomic E-state index is 6.34. The largest absolute Gasteiger partial charge is 0.396 e. The van der Waals surface area contributed by atoms with Crippen LogP contribution in [0.5, 0.6) is 0 Å². The first-order chi connectivity index (χ1) is 3.31. The zero-order valence-corrected chi connectivity index (χ0v) is 4.40. The maximum absolute atomic E-state index is 6.34. The number of aliphatic hydroxyl groups excluding tert-OH is 1. The van der Waals surface area contributed by atoms with Gasteiger partial charge in [0.1, 0.15) is 0 Å². The SMILES string of the molecule is [3H]OCC(C)CC. The van der Waals surface area contributed by atoms with Crippen molar-refractivity contribution >= 4 is 0 Å². The first kappa shape index (κ1) is 4.13. The highest BCUT2D eigenvalue weighted by Crippen LogP contribution is 1.95. The van der Waals surface area contributed by atoms with Crippen molar-refractivity contribution in [2.75, 3.05) is 6.61 Å². The van der Waals surface area contributed by atoms with Crippen LogP contribution in [0.15, 0.2) is 0 Å². The minimum Gasteiger partial charge on any atom is -0.396 e. The van der Waals surface area contributed by atoms with Crippen LogP contribution in [0, 0.1) is 5.92 Å². The average molecular weight is 90.2 g/mol. The van der Waals surface area contributed by atoms with Crippen LogP contribution in [0.3, 0.4) is 0 Å². The molecule has 1 heteroatoms. The van der Waals surface area contributed by atoms with Crippen molar-refractivity contribution in [3.8, 4) is 0 Å². The molecule has 6 heavy (non-hydrogen) atoms. The van der Waals surface area contributed by atoms with Crippen molar-refractivity contribution in [3.05, 3.63) is 0 Å². The van der Waals surface area contributed by atoms with Gasteiger partial charge in [-0.15, -0.1) is 0 Å². The summed E-state index contributed by atoms with van der Waals surface area (Å²) in [5.74, 6) is 0.539. The van der Waals surface area contributed by atoms with Crippen molar-refractivity contribution < 1.29 is 5.11 Å². The number of hydrogen-bond acceptors (Lipinski definition) is 1. The van der Waals surface area contributed by atoms with Crippen LogP contribution in [0.4, 0.5) is 0 Å². The van der Waals surface area contributed by atoms with E-state index in [1.54, 1.807) is 0 Å². The van der Waals surface area contributed by atoms with Crippen molar-refractivity contribution in [3.63, 3.8) is 0 Å². The normalized spacial score (nSPS) is 16.7. The van der Waals surface area contributed by atoms with Crippen molar-refractivity contribution in [1.82, 2.24) is 0 Å². The molecule has 0 aromatic heterocycles. The van der Waals surface area contributed by atoms with Gasteiger partial charge in [-0.3, -0.25) is 0 Å². The summed E-state index contributed by atoms with van der Waals surface area (Å²) in [5.41, 5.74) is 0. The monoisotopic (exact) mass is 90.1 g/mol. The molecule has 0 aliphatic rings. The lowest BCUT2D eigenvalue weighted by Crippen LogP contribution is -1.96. The average Bonchev–Trinajstić information content (AvgIpc) is 1.68. The van der Waals surface area contributed by atoms with Gasteiger partial charge in [-0.25, -0.2) is 0 Å². The van der Waals surface area contributed by atoms with Crippen LogP contribution in [-0.2, 0) is 0 Å². The molecule has 0 fully saturated rings. The molecule has 38 valence electrons. The van der Waals surface area contributed by atoms with E-state index in [-0.39, 0.29) is 0 Å². The Morgan fingerprint density at radius 3 is 2.83 bits per heavy atom. The van der Waals surface area contributed by atoms with Gasteiger partial charge in [0.2, 0.25) is 1.43 Å². The van der Waals surface area contributed by atoms with Crippen LogP contribution in [0.1, 0.15) is 20.3 Å². The fraction of sp³-hybridized carbons (Fsp3) is 1.00. The molecule has 1 N–H and O–H groups in total. The molecule has 0 bridgehead atoms. The van der Waals surface area contributed by atoms with E-state index in [0.717, 1.165) is 6.42 Å². The molecule has 0 radical (unpaired) electrons. The number of aliphatic hydroxyl groups is 1. The first-order valence-electron chi connectivity index (χ1n) is 2.80. The molecule has 0 aromatic carbocycles. The predicted octanol–water partition coefficient (Wildman–Crippen LogP) is 1.02. The van der Waals surface area contributed by atoms with Gasteiger partial charge in [0.05, 0.1) is 0 Å². The van der Waals surface area contributed by atoms with Crippen LogP contribution in [-0.4, -0.2) is 13.1 Å². The van der Waals surface area contributed by atoms with Gasteiger partial charge in [-0.05, 0) is 5.92 Å². The molecule has 1 unspecified atom stereocenters. The molecule has 0 amide bonds. The second-order valence-corrected chi connectivity index (χ2v) is 1.68. The van der Waals surface area contributed by atoms with E-state index in [1.165, 1.54) is 0 Å². The van der Waals surface area contributed by atoms with Crippen molar-refractivity contribution in [2.45, 2.75) is 20.3 Å². The van der Waals surface area contributed by atoms with Gasteiger partial charge in [-0.1, -0.05) is 20.3 Å². The van der Waals surface area contributed by atoms with Gasteiger partial charge in [0.15, 0.2) is 0 Å². The molecular formula is C5H12O. The Bertz CT molecular complexity index is 39.1. The van der Waals surface area contributed by atoms with Gasteiger partial charge in [0.25, 0.3) is 0 Å². The molecule has 0 spiro atoms.